The van der Waals surface area contributed by atoms with Gasteiger partial charge in [0.1, 0.15) is 11.2 Å². The van der Waals surface area contributed by atoms with Crippen LogP contribution in [-0.2, 0) is 15.9 Å². The van der Waals surface area contributed by atoms with Gasteiger partial charge in [0.05, 0.1) is 30.0 Å². The molecular weight excluding hydrogens is 448 g/mol. The van der Waals surface area contributed by atoms with Gasteiger partial charge in [0.15, 0.2) is 0 Å². The summed E-state index contributed by atoms with van der Waals surface area (Å²) in [7, 11) is 0. The van der Waals surface area contributed by atoms with Gasteiger partial charge in [-0.15, -0.1) is 0 Å². The molecule has 2 aromatic rings. The van der Waals surface area contributed by atoms with Crippen LogP contribution in [0, 0.1) is 0 Å². The second kappa shape index (κ2) is 9.16. The van der Waals surface area contributed by atoms with E-state index in [9.17, 15) is 19.8 Å². The van der Waals surface area contributed by atoms with Crippen LogP contribution in [-0.4, -0.2) is 62.3 Å². The second-order valence-electron chi connectivity index (χ2n) is 10.4. The molecule has 33 heavy (non-hydrogen) atoms. The molecule has 1 aliphatic heterocycles. The standard InChI is InChI=1S/C24H33ClN2O6/c1-23(2,3)32-21(30)26-10-9-16-17-11-14(25)7-8-18(17)27(22(31)33-24(4,5)6)20(16)19(26)12-15(29)13-28/h7-8,11,15,19,28-29H,9-10,12-13H2,1-6H3/t15-,19-/m1/s1. The number of hydrogen-bond donors (Lipinski definition) is 2. The summed E-state index contributed by atoms with van der Waals surface area (Å²) >= 11 is 6.27. The lowest BCUT2D eigenvalue weighted by molar-refractivity contribution is 0.00104. The van der Waals surface area contributed by atoms with E-state index in [-0.39, 0.29) is 6.42 Å². The highest BCUT2D eigenvalue weighted by Gasteiger charge is 2.40. The number of aromatic nitrogens is 1. The zero-order valence-electron chi connectivity index (χ0n) is 20.0. The number of halogens is 1. The lowest BCUT2D eigenvalue weighted by Crippen LogP contribution is -2.45. The number of carbonyl (C=O) groups excluding carboxylic acids is 2. The normalized spacial score (nSPS) is 17.6. The van der Waals surface area contributed by atoms with Crippen LogP contribution in [0.3, 0.4) is 0 Å². The number of benzene rings is 1. The minimum atomic E-state index is -1.10. The van der Waals surface area contributed by atoms with Crippen LogP contribution < -0.4 is 0 Å². The first-order valence-corrected chi connectivity index (χ1v) is 11.4. The molecule has 8 nitrogen and oxygen atoms in total. The van der Waals surface area contributed by atoms with E-state index in [1.165, 1.54) is 9.47 Å². The first-order valence-electron chi connectivity index (χ1n) is 11.1. The van der Waals surface area contributed by atoms with E-state index in [4.69, 9.17) is 21.1 Å². The summed E-state index contributed by atoms with van der Waals surface area (Å²) in [5.41, 5.74) is 0.530. The van der Waals surface area contributed by atoms with Crippen LogP contribution in [0.1, 0.15) is 65.3 Å². The predicted molar refractivity (Wildman–Crippen MR) is 126 cm³/mol. The maximum atomic E-state index is 13.4. The summed E-state index contributed by atoms with van der Waals surface area (Å²) in [6, 6.07) is 4.51. The number of nitrogens with zero attached hydrogens (tertiary/aromatic N) is 2. The Bertz CT molecular complexity index is 1050. The van der Waals surface area contributed by atoms with E-state index >= 15 is 0 Å². The fourth-order valence-corrected chi connectivity index (χ4v) is 4.28. The highest BCUT2D eigenvalue weighted by atomic mass is 35.5. The lowest BCUT2D eigenvalue weighted by Gasteiger charge is -2.38. The Morgan fingerprint density at radius 3 is 2.30 bits per heavy atom. The average Bonchev–Trinajstić information content (AvgIpc) is 2.99. The van der Waals surface area contributed by atoms with Gasteiger partial charge in [0.25, 0.3) is 0 Å². The maximum absolute atomic E-state index is 13.4. The third kappa shape index (κ3) is 5.62. The van der Waals surface area contributed by atoms with Gasteiger partial charge in [-0.1, -0.05) is 11.6 Å². The van der Waals surface area contributed by atoms with Crippen molar-refractivity contribution in [3.63, 3.8) is 0 Å². The van der Waals surface area contributed by atoms with Crippen molar-refractivity contribution in [2.75, 3.05) is 13.2 Å². The molecule has 2 heterocycles. The van der Waals surface area contributed by atoms with Crippen molar-refractivity contribution in [3.8, 4) is 0 Å². The predicted octanol–water partition coefficient (Wildman–Crippen LogP) is 4.66. The Morgan fingerprint density at radius 1 is 1.12 bits per heavy atom. The van der Waals surface area contributed by atoms with Gasteiger partial charge in [-0.2, -0.15) is 0 Å². The highest BCUT2D eigenvalue weighted by molar-refractivity contribution is 6.31. The maximum Gasteiger partial charge on any atom is 0.419 e. The van der Waals surface area contributed by atoms with Crippen molar-refractivity contribution >= 4 is 34.7 Å². The molecule has 0 radical (unpaired) electrons. The van der Waals surface area contributed by atoms with Crippen molar-refractivity contribution in [1.82, 2.24) is 9.47 Å². The molecule has 1 aromatic heterocycles. The minimum absolute atomic E-state index is 0.0234. The lowest BCUT2D eigenvalue weighted by atomic mass is 9.94. The molecule has 1 aromatic carbocycles. The van der Waals surface area contributed by atoms with Gasteiger partial charge in [-0.25, -0.2) is 14.2 Å². The zero-order chi connectivity index (χ0) is 24.7. The number of fused-ring (bicyclic) bond motifs is 3. The zero-order valence-corrected chi connectivity index (χ0v) is 20.8. The van der Waals surface area contributed by atoms with E-state index in [0.717, 1.165) is 10.9 Å². The Labute approximate surface area is 199 Å². The van der Waals surface area contributed by atoms with Gasteiger partial charge >= 0.3 is 12.2 Å². The number of aliphatic hydroxyl groups is 2. The van der Waals surface area contributed by atoms with E-state index in [0.29, 0.717) is 29.2 Å². The van der Waals surface area contributed by atoms with E-state index in [2.05, 4.69) is 0 Å². The third-order valence-corrected chi connectivity index (χ3v) is 5.51. The van der Waals surface area contributed by atoms with Crippen molar-refractivity contribution < 1.29 is 29.3 Å². The molecule has 0 spiro atoms. The molecular formula is C24H33ClN2O6. The van der Waals surface area contributed by atoms with Crippen molar-refractivity contribution in [2.45, 2.75) is 77.7 Å². The molecule has 0 bridgehead atoms. The molecule has 3 rings (SSSR count). The molecule has 182 valence electrons. The van der Waals surface area contributed by atoms with Crippen LogP contribution in [0.5, 0.6) is 0 Å². The summed E-state index contributed by atoms with van der Waals surface area (Å²) < 4.78 is 12.8. The summed E-state index contributed by atoms with van der Waals surface area (Å²) in [5.74, 6) is 0. The first-order chi connectivity index (χ1) is 15.2. The third-order valence-electron chi connectivity index (χ3n) is 5.28. The number of aliphatic hydroxyl groups excluding tert-OH is 2. The van der Waals surface area contributed by atoms with Crippen LogP contribution in [0.25, 0.3) is 10.9 Å². The Hall–Kier alpha value is -2.29. The van der Waals surface area contributed by atoms with Gasteiger partial charge < -0.3 is 19.7 Å². The van der Waals surface area contributed by atoms with Gasteiger partial charge in [-0.3, -0.25) is 4.90 Å². The number of hydrogen-bond acceptors (Lipinski definition) is 6. The number of amides is 1. The topological polar surface area (TPSA) is 101 Å². The molecule has 0 saturated carbocycles. The van der Waals surface area contributed by atoms with Gasteiger partial charge in [0, 0.05) is 23.4 Å². The Morgan fingerprint density at radius 2 is 1.73 bits per heavy atom. The van der Waals surface area contributed by atoms with E-state index in [1.807, 2.05) is 0 Å². The van der Waals surface area contributed by atoms with Crippen molar-refractivity contribution in [2.24, 2.45) is 0 Å². The molecule has 9 heteroatoms. The van der Waals surface area contributed by atoms with Gasteiger partial charge in [-0.05, 0) is 71.7 Å². The minimum Gasteiger partial charge on any atom is -0.444 e. The van der Waals surface area contributed by atoms with Crippen molar-refractivity contribution in [3.05, 3.63) is 34.5 Å². The summed E-state index contributed by atoms with van der Waals surface area (Å²) in [4.78, 5) is 28.0. The smallest absolute Gasteiger partial charge is 0.419 e. The molecule has 0 aliphatic carbocycles. The number of ether oxygens (including phenoxy) is 2. The quantitative estimate of drug-likeness (QED) is 0.662. The molecule has 1 amide bonds. The average molecular weight is 481 g/mol. The first kappa shape index (κ1) is 25.3. The molecule has 0 saturated heterocycles. The Balaban J connectivity index is 2.22. The summed E-state index contributed by atoms with van der Waals surface area (Å²) in [6.45, 7) is 10.5. The van der Waals surface area contributed by atoms with Crippen molar-refractivity contribution in [1.29, 1.82) is 0 Å². The number of carbonyl (C=O) groups is 2. The molecule has 2 N–H and O–H groups in total. The SMILES string of the molecule is CC(C)(C)OC(=O)N1CCc2c(n(C(=O)OC(C)(C)C)c3ccc(Cl)cc23)[C@H]1C[C@@H](O)CO. The molecule has 1 aliphatic rings. The molecule has 0 unspecified atom stereocenters. The van der Waals surface area contributed by atoms with Crippen LogP contribution >= 0.6 is 11.6 Å². The fraction of sp³-hybridized carbons (Fsp3) is 0.583. The van der Waals surface area contributed by atoms with Crippen LogP contribution in [0.2, 0.25) is 5.02 Å². The van der Waals surface area contributed by atoms with Gasteiger partial charge in [0.2, 0.25) is 0 Å². The fourth-order valence-electron chi connectivity index (χ4n) is 4.11. The summed E-state index contributed by atoms with van der Waals surface area (Å²) in [6.07, 6.45) is -1.75. The molecule has 0 fully saturated rings. The van der Waals surface area contributed by atoms with Crippen LogP contribution in [0.4, 0.5) is 9.59 Å². The van der Waals surface area contributed by atoms with Crippen LogP contribution in [0.15, 0.2) is 18.2 Å². The second-order valence-corrected chi connectivity index (χ2v) is 10.8. The monoisotopic (exact) mass is 480 g/mol. The highest BCUT2D eigenvalue weighted by Crippen LogP contribution is 2.41. The number of rotatable bonds is 3. The summed E-state index contributed by atoms with van der Waals surface area (Å²) in [5, 5.41) is 21.2. The largest absolute Gasteiger partial charge is 0.444 e. The Kier molecular flexibility index (Phi) is 7.03. The van der Waals surface area contributed by atoms with E-state index < -0.39 is 42.1 Å². The molecule has 2 atom stereocenters. The van der Waals surface area contributed by atoms with E-state index in [1.54, 1.807) is 59.7 Å².